The summed E-state index contributed by atoms with van der Waals surface area (Å²) in [6.45, 7) is 4.14. The Morgan fingerprint density at radius 3 is 2.53 bits per heavy atom. The Morgan fingerprint density at radius 2 is 2.13 bits per heavy atom. The first-order valence-corrected chi connectivity index (χ1v) is 5.33. The van der Waals surface area contributed by atoms with E-state index >= 15 is 0 Å². The number of carbonyl (C=O) groups excluding carboxylic acids is 1. The SMILES string of the molecule is CCN(C(=O)NC1CC1)C(C)CC(=O)O. The van der Waals surface area contributed by atoms with Gasteiger partial charge in [0.2, 0.25) is 0 Å². The van der Waals surface area contributed by atoms with E-state index in [0.29, 0.717) is 12.6 Å². The predicted molar refractivity (Wildman–Crippen MR) is 55.6 cm³/mol. The molecule has 0 bridgehead atoms. The maximum Gasteiger partial charge on any atom is 0.317 e. The number of carboxylic acid groups (broad SMARTS) is 1. The van der Waals surface area contributed by atoms with Gasteiger partial charge in [0.15, 0.2) is 0 Å². The lowest BCUT2D eigenvalue weighted by molar-refractivity contribution is -0.138. The van der Waals surface area contributed by atoms with Crippen LogP contribution in [0, 0.1) is 0 Å². The van der Waals surface area contributed by atoms with Crippen molar-refractivity contribution in [1.82, 2.24) is 10.2 Å². The number of aliphatic carboxylic acids is 1. The number of hydrogen-bond donors (Lipinski definition) is 2. The largest absolute Gasteiger partial charge is 0.481 e. The Balaban J connectivity index is 2.44. The molecule has 1 aliphatic carbocycles. The van der Waals surface area contributed by atoms with Gasteiger partial charge in [-0.05, 0) is 26.7 Å². The highest BCUT2D eigenvalue weighted by molar-refractivity contribution is 5.76. The average Bonchev–Trinajstić information content (AvgIpc) is 2.87. The minimum atomic E-state index is -0.875. The third-order valence-electron chi connectivity index (χ3n) is 2.51. The molecule has 0 aromatic heterocycles. The number of amides is 2. The Hall–Kier alpha value is -1.26. The van der Waals surface area contributed by atoms with E-state index < -0.39 is 5.97 Å². The maximum absolute atomic E-state index is 11.7. The van der Waals surface area contributed by atoms with Crippen LogP contribution in [0.5, 0.6) is 0 Å². The first kappa shape index (κ1) is 11.8. The van der Waals surface area contributed by atoms with Crippen LogP contribution in [0.25, 0.3) is 0 Å². The number of nitrogens with zero attached hydrogens (tertiary/aromatic N) is 1. The van der Waals surface area contributed by atoms with Crippen LogP contribution in [0.1, 0.15) is 33.1 Å². The summed E-state index contributed by atoms with van der Waals surface area (Å²) in [6.07, 6.45) is 2.07. The van der Waals surface area contributed by atoms with Crippen LogP contribution in [-0.4, -0.2) is 40.6 Å². The molecule has 0 radical (unpaired) electrons. The Bertz CT molecular complexity index is 251. The van der Waals surface area contributed by atoms with Crippen molar-refractivity contribution in [2.45, 2.75) is 45.2 Å². The summed E-state index contributed by atoms with van der Waals surface area (Å²) < 4.78 is 0. The predicted octanol–water partition coefficient (Wildman–Crippen LogP) is 1.04. The van der Waals surface area contributed by atoms with Crippen LogP contribution in [0.4, 0.5) is 4.79 Å². The van der Waals surface area contributed by atoms with Gasteiger partial charge in [0.25, 0.3) is 0 Å². The summed E-state index contributed by atoms with van der Waals surface area (Å²) in [7, 11) is 0. The molecule has 86 valence electrons. The number of urea groups is 1. The van der Waals surface area contributed by atoms with Gasteiger partial charge < -0.3 is 15.3 Å². The second kappa shape index (κ2) is 5.00. The molecular weight excluding hydrogens is 196 g/mol. The highest BCUT2D eigenvalue weighted by atomic mass is 16.4. The average molecular weight is 214 g/mol. The molecule has 0 spiro atoms. The molecule has 1 fully saturated rings. The monoisotopic (exact) mass is 214 g/mol. The second-order valence-electron chi connectivity index (χ2n) is 3.96. The lowest BCUT2D eigenvalue weighted by Crippen LogP contribution is -2.46. The molecular formula is C10H18N2O3. The van der Waals surface area contributed by atoms with E-state index in [9.17, 15) is 9.59 Å². The minimum Gasteiger partial charge on any atom is -0.481 e. The highest BCUT2D eigenvalue weighted by Crippen LogP contribution is 2.19. The molecule has 2 N–H and O–H groups in total. The van der Waals surface area contributed by atoms with Crippen molar-refractivity contribution in [2.75, 3.05) is 6.54 Å². The molecule has 0 saturated heterocycles. The fourth-order valence-corrected chi connectivity index (χ4v) is 1.50. The lowest BCUT2D eigenvalue weighted by Gasteiger charge is -2.27. The summed E-state index contributed by atoms with van der Waals surface area (Å²) >= 11 is 0. The van der Waals surface area contributed by atoms with E-state index in [1.165, 1.54) is 0 Å². The van der Waals surface area contributed by atoms with Crippen LogP contribution in [0.2, 0.25) is 0 Å². The normalized spacial score (nSPS) is 16.9. The molecule has 1 atom stereocenters. The lowest BCUT2D eigenvalue weighted by atomic mass is 10.2. The third kappa shape index (κ3) is 3.77. The van der Waals surface area contributed by atoms with Gasteiger partial charge in [0, 0.05) is 18.6 Å². The fourth-order valence-electron chi connectivity index (χ4n) is 1.50. The van der Waals surface area contributed by atoms with Gasteiger partial charge in [-0.3, -0.25) is 4.79 Å². The van der Waals surface area contributed by atoms with Crippen molar-refractivity contribution < 1.29 is 14.7 Å². The molecule has 0 aliphatic heterocycles. The number of carboxylic acids is 1. The van der Waals surface area contributed by atoms with Gasteiger partial charge in [0.1, 0.15) is 0 Å². The molecule has 0 aromatic carbocycles. The Kier molecular flexibility index (Phi) is 3.94. The van der Waals surface area contributed by atoms with Gasteiger partial charge in [0.05, 0.1) is 6.42 Å². The molecule has 5 nitrogen and oxygen atoms in total. The zero-order valence-corrected chi connectivity index (χ0v) is 9.19. The Labute approximate surface area is 89.4 Å². The maximum atomic E-state index is 11.7. The van der Waals surface area contributed by atoms with Gasteiger partial charge in [-0.1, -0.05) is 0 Å². The molecule has 1 rings (SSSR count). The first-order valence-electron chi connectivity index (χ1n) is 5.33. The van der Waals surface area contributed by atoms with Crippen molar-refractivity contribution >= 4 is 12.0 Å². The summed E-state index contributed by atoms with van der Waals surface area (Å²) in [6, 6.07) is -0.0939. The van der Waals surface area contributed by atoms with Crippen LogP contribution in [0.15, 0.2) is 0 Å². The second-order valence-corrected chi connectivity index (χ2v) is 3.96. The highest BCUT2D eigenvalue weighted by Gasteiger charge is 2.27. The van der Waals surface area contributed by atoms with Crippen molar-refractivity contribution in [3.8, 4) is 0 Å². The smallest absolute Gasteiger partial charge is 0.317 e. The molecule has 5 heteroatoms. The van der Waals surface area contributed by atoms with Crippen LogP contribution < -0.4 is 5.32 Å². The van der Waals surface area contributed by atoms with Crippen molar-refractivity contribution in [3.05, 3.63) is 0 Å². The van der Waals surface area contributed by atoms with Crippen molar-refractivity contribution in [2.24, 2.45) is 0 Å². The zero-order chi connectivity index (χ0) is 11.4. The van der Waals surface area contributed by atoms with Crippen molar-refractivity contribution in [1.29, 1.82) is 0 Å². The van der Waals surface area contributed by atoms with E-state index in [1.54, 1.807) is 11.8 Å². The van der Waals surface area contributed by atoms with E-state index in [4.69, 9.17) is 5.11 Å². The number of carbonyl (C=O) groups is 2. The molecule has 1 unspecified atom stereocenters. The van der Waals surface area contributed by atoms with Gasteiger partial charge in [-0.2, -0.15) is 0 Å². The number of rotatable bonds is 5. The molecule has 2 amide bonds. The van der Waals surface area contributed by atoms with E-state index in [-0.39, 0.29) is 18.5 Å². The molecule has 0 aromatic rings. The number of hydrogen-bond acceptors (Lipinski definition) is 2. The standard InChI is InChI=1S/C10H18N2O3/c1-3-12(7(2)6-9(13)14)10(15)11-8-4-5-8/h7-8H,3-6H2,1-2H3,(H,11,15)(H,13,14). The number of nitrogens with one attached hydrogen (secondary N) is 1. The third-order valence-corrected chi connectivity index (χ3v) is 2.51. The van der Waals surface area contributed by atoms with Gasteiger partial charge in [-0.25, -0.2) is 4.79 Å². The first-order chi connectivity index (χ1) is 7.04. The fraction of sp³-hybridized carbons (Fsp3) is 0.800. The molecule has 1 aliphatic rings. The van der Waals surface area contributed by atoms with E-state index in [2.05, 4.69) is 5.32 Å². The van der Waals surface area contributed by atoms with Crippen LogP contribution >= 0.6 is 0 Å². The quantitative estimate of drug-likeness (QED) is 0.718. The Morgan fingerprint density at radius 1 is 1.53 bits per heavy atom. The molecule has 15 heavy (non-hydrogen) atoms. The van der Waals surface area contributed by atoms with Crippen molar-refractivity contribution in [3.63, 3.8) is 0 Å². The van der Waals surface area contributed by atoms with E-state index in [1.807, 2.05) is 6.92 Å². The summed E-state index contributed by atoms with van der Waals surface area (Å²) in [5.41, 5.74) is 0. The zero-order valence-electron chi connectivity index (χ0n) is 9.19. The molecule has 1 saturated carbocycles. The van der Waals surface area contributed by atoms with E-state index in [0.717, 1.165) is 12.8 Å². The van der Waals surface area contributed by atoms with Crippen LogP contribution in [0.3, 0.4) is 0 Å². The molecule has 0 heterocycles. The summed E-state index contributed by atoms with van der Waals surface area (Å²) in [5.74, 6) is -0.875. The summed E-state index contributed by atoms with van der Waals surface area (Å²) in [4.78, 5) is 23.8. The van der Waals surface area contributed by atoms with Crippen LogP contribution in [-0.2, 0) is 4.79 Å². The van der Waals surface area contributed by atoms with Gasteiger partial charge >= 0.3 is 12.0 Å². The topological polar surface area (TPSA) is 69.6 Å². The minimum absolute atomic E-state index is 0.00801. The summed E-state index contributed by atoms with van der Waals surface area (Å²) in [5, 5.41) is 11.5. The van der Waals surface area contributed by atoms with Gasteiger partial charge in [-0.15, -0.1) is 0 Å².